The molecule has 0 radical (unpaired) electrons. The molecule has 7 heteroatoms. The molecule has 4 rings (SSSR count). The Labute approximate surface area is 145 Å². The Bertz CT molecular complexity index is 894. The van der Waals surface area contributed by atoms with E-state index in [1.165, 1.54) is 10.9 Å². The van der Waals surface area contributed by atoms with Crippen molar-refractivity contribution in [1.29, 1.82) is 0 Å². The molecule has 1 amide bonds. The normalized spacial score (nSPS) is 25.5. The van der Waals surface area contributed by atoms with Crippen molar-refractivity contribution in [2.45, 2.75) is 0 Å². The summed E-state index contributed by atoms with van der Waals surface area (Å²) in [6, 6.07) is 5.09. The molecule has 0 aliphatic carbocycles. The average molecular weight is 343 g/mol. The quantitative estimate of drug-likeness (QED) is 0.819. The number of amides is 1. The molecule has 3 heterocycles. The Morgan fingerprint density at radius 3 is 3.12 bits per heavy atom. The molecule has 25 heavy (non-hydrogen) atoms. The zero-order chi connectivity index (χ0) is 17.6. The first-order valence-electron chi connectivity index (χ1n) is 8.35. The SMILES string of the molecule is COC[C@@]12COC[C@@H]1CN(C(=O)c1ccc3c(=O)n(C)cnc3c1)C2. The van der Waals surface area contributed by atoms with Gasteiger partial charge in [0.1, 0.15) is 0 Å². The number of methoxy groups -OCH3 is 1. The average Bonchev–Trinajstić information content (AvgIpc) is 3.14. The lowest BCUT2D eigenvalue weighted by Gasteiger charge is -2.26. The molecule has 132 valence electrons. The molecule has 2 aromatic rings. The summed E-state index contributed by atoms with van der Waals surface area (Å²) in [4.78, 5) is 31.2. The van der Waals surface area contributed by atoms with Crippen molar-refractivity contribution in [1.82, 2.24) is 14.5 Å². The molecule has 0 unspecified atom stereocenters. The summed E-state index contributed by atoms with van der Waals surface area (Å²) < 4.78 is 12.4. The first-order valence-corrected chi connectivity index (χ1v) is 8.35. The number of fused-ring (bicyclic) bond motifs is 2. The van der Waals surface area contributed by atoms with E-state index in [1.54, 1.807) is 32.4 Å². The van der Waals surface area contributed by atoms with Gasteiger partial charge in [-0.1, -0.05) is 0 Å². The number of carbonyl (C=O) groups is 1. The third kappa shape index (κ3) is 2.54. The highest BCUT2D eigenvalue weighted by molar-refractivity contribution is 5.97. The predicted molar refractivity (Wildman–Crippen MR) is 91.5 cm³/mol. The van der Waals surface area contributed by atoms with E-state index in [4.69, 9.17) is 9.47 Å². The van der Waals surface area contributed by atoms with E-state index in [-0.39, 0.29) is 16.9 Å². The van der Waals surface area contributed by atoms with E-state index in [0.29, 0.717) is 55.3 Å². The summed E-state index contributed by atoms with van der Waals surface area (Å²) in [7, 11) is 3.35. The minimum Gasteiger partial charge on any atom is -0.384 e. The maximum atomic E-state index is 13.0. The van der Waals surface area contributed by atoms with Crippen molar-refractivity contribution in [3.05, 3.63) is 40.4 Å². The molecule has 0 spiro atoms. The van der Waals surface area contributed by atoms with Crippen LogP contribution in [0.2, 0.25) is 0 Å². The van der Waals surface area contributed by atoms with Crippen molar-refractivity contribution in [3.63, 3.8) is 0 Å². The van der Waals surface area contributed by atoms with E-state index in [2.05, 4.69) is 4.98 Å². The summed E-state index contributed by atoms with van der Waals surface area (Å²) in [5, 5.41) is 0.518. The van der Waals surface area contributed by atoms with Crippen LogP contribution in [0.25, 0.3) is 10.9 Å². The Balaban J connectivity index is 1.63. The van der Waals surface area contributed by atoms with Crippen LogP contribution in [0.3, 0.4) is 0 Å². The zero-order valence-electron chi connectivity index (χ0n) is 14.4. The van der Waals surface area contributed by atoms with Crippen LogP contribution in [0.5, 0.6) is 0 Å². The van der Waals surface area contributed by atoms with Gasteiger partial charge in [0, 0.05) is 44.1 Å². The lowest BCUT2D eigenvalue weighted by atomic mass is 9.82. The van der Waals surface area contributed by atoms with Crippen LogP contribution in [-0.4, -0.2) is 60.4 Å². The number of rotatable bonds is 3. The minimum absolute atomic E-state index is 0.0331. The van der Waals surface area contributed by atoms with Crippen LogP contribution in [-0.2, 0) is 16.5 Å². The van der Waals surface area contributed by atoms with Crippen molar-refractivity contribution in [2.24, 2.45) is 18.4 Å². The van der Waals surface area contributed by atoms with Gasteiger partial charge < -0.3 is 18.9 Å². The van der Waals surface area contributed by atoms with Gasteiger partial charge in [0.2, 0.25) is 0 Å². The van der Waals surface area contributed by atoms with Crippen LogP contribution in [0.1, 0.15) is 10.4 Å². The Morgan fingerprint density at radius 1 is 1.48 bits per heavy atom. The van der Waals surface area contributed by atoms with Gasteiger partial charge in [0.25, 0.3) is 11.5 Å². The Hall–Kier alpha value is -2.25. The van der Waals surface area contributed by atoms with Crippen molar-refractivity contribution >= 4 is 16.8 Å². The van der Waals surface area contributed by atoms with Gasteiger partial charge in [-0.25, -0.2) is 4.98 Å². The third-order valence-corrected chi connectivity index (χ3v) is 5.41. The van der Waals surface area contributed by atoms with Crippen molar-refractivity contribution in [3.8, 4) is 0 Å². The monoisotopic (exact) mass is 343 g/mol. The number of hydrogen-bond acceptors (Lipinski definition) is 5. The molecule has 2 aliphatic rings. The molecule has 2 aliphatic heterocycles. The second kappa shape index (κ2) is 5.93. The molecule has 1 aromatic heterocycles. The van der Waals surface area contributed by atoms with Crippen molar-refractivity contribution in [2.75, 3.05) is 40.0 Å². The highest BCUT2D eigenvalue weighted by Gasteiger charge is 2.51. The number of ether oxygens (including phenoxy) is 2. The summed E-state index contributed by atoms with van der Waals surface area (Å²) in [6.45, 7) is 3.19. The van der Waals surface area contributed by atoms with E-state index in [9.17, 15) is 9.59 Å². The van der Waals surface area contributed by atoms with Crippen LogP contribution in [0.4, 0.5) is 0 Å². The number of aryl methyl sites for hydroxylation is 1. The fourth-order valence-electron chi connectivity index (χ4n) is 4.00. The number of likely N-dealkylation sites (tertiary alicyclic amines) is 1. The van der Waals surface area contributed by atoms with Crippen LogP contribution in [0.15, 0.2) is 29.3 Å². The molecule has 2 fully saturated rings. The second-order valence-corrected chi connectivity index (χ2v) is 7.09. The molecular weight excluding hydrogens is 322 g/mol. The fraction of sp³-hybridized carbons (Fsp3) is 0.500. The Kier molecular flexibility index (Phi) is 3.85. The number of benzene rings is 1. The topological polar surface area (TPSA) is 73.7 Å². The van der Waals surface area contributed by atoms with Gasteiger partial charge in [-0.2, -0.15) is 0 Å². The van der Waals surface area contributed by atoms with Gasteiger partial charge in [-0.15, -0.1) is 0 Å². The highest BCUT2D eigenvalue weighted by Crippen LogP contribution is 2.41. The molecule has 0 N–H and O–H groups in total. The van der Waals surface area contributed by atoms with Crippen LogP contribution in [0, 0.1) is 11.3 Å². The van der Waals surface area contributed by atoms with E-state index >= 15 is 0 Å². The van der Waals surface area contributed by atoms with Gasteiger partial charge >= 0.3 is 0 Å². The molecule has 2 saturated heterocycles. The van der Waals surface area contributed by atoms with Gasteiger partial charge in [-0.05, 0) is 18.2 Å². The van der Waals surface area contributed by atoms with E-state index < -0.39 is 0 Å². The van der Waals surface area contributed by atoms with Crippen LogP contribution >= 0.6 is 0 Å². The molecule has 0 bridgehead atoms. The highest BCUT2D eigenvalue weighted by atomic mass is 16.5. The Morgan fingerprint density at radius 2 is 2.32 bits per heavy atom. The van der Waals surface area contributed by atoms with Crippen molar-refractivity contribution < 1.29 is 14.3 Å². The number of aromatic nitrogens is 2. The van der Waals surface area contributed by atoms with Gasteiger partial charge in [-0.3, -0.25) is 9.59 Å². The largest absolute Gasteiger partial charge is 0.384 e. The zero-order valence-corrected chi connectivity index (χ0v) is 14.4. The summed E-state index contributed by atoms with van der Waals surface area (Å²) >= 11 is 0. The first kappa shape index (κ1) is 16.2. The fourth-order valence-corrected chi connectivity index (χ4v) is 4.00. The predicted octanol–water partition coefficient (Wildman–Crippen LogP) is 0.668. The molecular formula is C18H21N3O4. The van der Waals surface area contributed by atoms with E-state index in [1.807, 2.05) is 4.90 Å². The minimum atomic E-state index is -0.115. The second-order valence-electron chi connectivity index (χ2n) is 7.09. The summed E-state index contributed by atoms with van der Waals surface area (Å²) in [6.07, 6.45) is 1.48. The van der Waals surface area contributed by atoms with E-state index in [0.717, 1.165) is 0 Å². The molecule has 1 aromatic carbocycles. The standard InChI is InChI=1S/C18H21N3O4/c1-20-11-19-15-5-12(3-4-14(15)17(20)23)16(22)21-6-13-7-25-10-18(13,8-21)9-24-2/h3-5,11,13H,6-10H2,1-2H3/t13-,18-/m0/s1. The van der Waals surface area contributed by atoms with Gasteiger partial charge in [0.05, 0.1) is 37.1 Å². The third-order valence-electron chi connectivity index (χ3n) is 5.41. The first-order chi connectivity index (χ1) is 12.0. The number of carbonyl (C=O) groups excluding carboxylic acids is 1. The summed E-state index contributed by atoms with van der Waals surface area (Å²) in [5.41, 5.74) is 0.885. The smallest absolute Gasteiger partial charge is 0.260 e. The number of hydrogen-bond donors (Lipinski definition) is 0. The summed E-state index contributed by atoms with van der Waals surface area (Å²) in [5.74, 6) is 0.275. The van der Waals surface area contributed by atoms with Crippen LogP contribution < -0.4 is 5.56 Å². The molecule has 2 atom stereocenters. The lowest BCUT2D eigenvalue weighted by molar-refractivity contribution is 0.0489. The number of nitrogens with zero attached hydrogens (tertiary/aromatic N) is 3. The maximum Gasteiger partial charge on any atom is 0.260 e. The molecule has 7 nitrogen and oxygen atoms in total. The molecule has 0 saturated carbocycles. The maximum absolute atomic E-state index is 13.0. The lowest BCUT2D eigenvalue weighted by Crippen LogP contribution is -2.37. The van der Waals surface area contributed by atoms with Gasteiger partial charge in [0.15, 0.2) is 0 Å².